The van der Waals surface area contributed by atoms with Crippen LogP contribution in [0.3, 0.4) is 0 Å². The van der Waals surface area contributed by atoms with Gasteiger partial charge in [-0.2, -0.15) is 0 Å². The molecule has 1 heterocycles. The van der Waals surface area contributed by atoms with Crippen LogP contribution in [-0.4, -0.2) is 16.7 Å². The highest BCUT2D eigenvalue weighted by Gasteiger charge is 2.16. The van der Waals surface area contributed by atoms with E-state index in [0.717, 1.165) is 17.1 Å². The van der Waals surface area contributed by atoms with E-state index in [2.05, 4.69) is 18.8 Å². The first kappa shape index (κ1) is 13.7. The highest BCUT2D eigenvalue weighted by molar-refractivity contribution is 6.32. The Morgan fingerprint density at radius 2 is 2.05 bits per heavy atom. The van der Waals surface area contributed by atoms with E-state index in [0.29, 0.717) is 22.5 Å². The quantitative estimate of drug-likeness (QED) is 0.936. The van der Waals surface area contributed by atoms with Crippen LogP contribution in [0.2, 0.25) is 5.02 Å². The van der Waals surface area contributed by atoms with Crippen molar-refractivity contribution in [1.29, 1.82) is 0 Å². The number of nitrogens with zero attached hydrogens (tertiary/aromatic N) is 2. The smallest absolute Gasteiger partial charge is 0.137 e. The molecule has 2 aromatic rings. The topological polar surface area (TPSA) is 53.1 Å². The predicted octanol–water partition coefficient (Wildman–Crippen LogP) is 3.45. The lowest BCUT2D eigenvalue weighted by atomic mass is 10.1. The largest absolute Gasteiger partial charge is 0.495 e. The van der Waals surface area contributed by atoms with Crippen molar-refractivity contribution in [1.82, 2.24) is 9.55 Å². The fourth-order valence-electron chi connectivity index (χ4n) is 2.07. The number of rotatable bonds is 3. The van der Waals surface area contributed by atoms with Crippen LogP contribution in [0.1, 0.15) is 25.6 Å². The fraction of sp³-hybridized carbons (Fsp3) is 0.357. The Morgan fingerprint density at radius 3 is 2.53 bits per heavy atom. The monoisotopic (exact) mass is 279 g/mol. The van der Waals surface area contributed by atoms with Crippen LogP contribution >= 0.6 is 11.6 Å². The number of aromatic nitrogens is 2. The molecule has 0 aliphatic carbocycles. The molecule has 2 rings (SSSR count). The average molecular weight is 280 g/mol. The summed E-state index contributed by atoms with van der Waals surface area (Å²) in [6, 6.07) is 5.55. The van der Waals surface area contributed by atoms with Crippen molar-refractivity contribution in [3.8, 4) is 17.0 Å². The van der Waals surface area contributed by atoms with Crippen LogP contribution in [-0.2, 0) is 7.05 Å². The molecule has 0 bridgehead atoms. The molecule has 1 aromatic carbocycles. The number of imidazole rings is 1. The van der Waals surface area contributed by atoms with Crippen molar-refractivity contribution in [2.45, 2.75) is 19.8 Å². The molecule has 0 amide bonds. The third-order valence-electron chi connectivity index (χ3n) is 3.12. The summed E-state index contributed by atoms with van der Waals surface area (Å²) in [6.45, 7) is 4.18. The number of hydrogen-bond acceptors (Lipinski definition) is 3. The molecule has 4 nitrogen and oxygen atoms in total. The summed E-state index contributed by atoms with van der Waals surface area (Å²) >= 11 is 6.14. The number of nitrogen functional groups attached to an aromatic ring is 1. The lowest BCUT2D eigenvalue weighted by Crippen LogP contribution is -2.02. The van der Waals surface area contributed by atoms with Crippen molar-refractivity contribution in [3.63, 3.8) is 0 Å². The second-order valence-corrected chi connectivity index (χ2v) is 5.17. The minimum absolute atomic E-state index is 0.315. The van der Waals surface area contributed by atoms with E-state index >= 15 is 0 Å². The Hall–Kier alpha value is -1.68. The van der Waals surface area contributed by atoms with E-state index < -0.39 is 0 Å². The van der Waals surface area contributed by atoms with E-state index in [-0.39, 0.29) is 0 Å². The first-order valence-electron chi connectivity index (χ1n) is 6.11. The molecule has 0 aliphatic heterocycles. The van der Waals surface area contributed by atoms with Gasteiger partial charge in [0, 0.05) is 18.5 Å². The molecular formula is C14H18ClN3O. The zero-order valence-corrected chi connectivity index (χ0v) is 12.3. The summed E-state index contributed by atoms with van der Waals surface area (Å²) in [6.07, 6.45) is 0. The summed E-state index contributed by atoms with van der Waals surface area (Å²) in [4.78, 5) is 4.61. The number of methoxy groups -OCH3 is 1. The van der Waals surface area contributed by atoms with E-state index in [1.54, 1.807) is 7.11 Å². The molecular weight excluding hydrogens is 262 g/mol. The third kappa shape index (κ3) is 2.40. The van der Waals surface area contributed by atoms with E-state index in [1.165, 1.54) is 0 Å². The lowest BCUT2D eigenvalue weighted by Gasteiger charge is -2.05. The van der Waals surface area contributed by atoms with Crippen molar-refractivity contribution in [3.05, 3.63) is 29.0 Å². The minimum Gasteiger partial charge on any atom is -0.495 e. The molecule has 0 unspecified atom stereocenters. The van der Waals surface area contributed by atoms with Gasteiger partial charge < -0.3 is 15.0 Å². The van der Waals surface area contributed by atoms with Gasteiger partial charge in [0.1, 0.15) is 23.1 Å². The van der Waals surface area contributed by atoms with Gasteiger partial charge in [-0.15, -0.1) is 0 Å². The molecule has 2 N–H and O–H groups in total. The first-order chi connectivity index (χ1) is 8.95. The van der Waals surface area contributed by atoms with Gasteiger partial charge in [0.25, 0.3) is 0 Å². The van der Waals surface area contributed by atoms with Crippen LogP contribution in [0, 0.1) is 0 Å². The molecule has 0 aliphatic rings. The fourth-order valence-corrected chi connectivity index (χ4v) is 2.33. The maximum atomic E-state index is 6.14. The summed E-state index contributed by atoms with van der Waals surface area (Å²) in [5.41, 5.74) is 7.77. The summed E-state index contributed by atoms with van der Waals surface area (Å²) in [5, 5.41) is 0.552. The Balaban J connectivity index is 2.53. The molecule has 0 saturated carbocycles. The highest BCUT2D eigenvalue weighted by Crippen LogP contribution is 2.33. The van der Waals surface area contributed by atoms with Crippen LogP contribution in [0.5, 0.6) is 5.75 Å². The molecule has 0 radical (unpaired) electrons. The Kier molecular flexibility index (Phi) is 3.71. The minimum atomic E-state index is 0.315. The maximum absolute atomic E-state index is 6.14. The normalized spacial score (nSPS) is 11.1. The maximum Gasteiger partial charge on any atom is 0.137 e. The predicted molar refractivity (Wildman–Crippen MR) is 78.7 cm³/mol. The van der Waals surface area contributed by atoms with Gasteiger partial charge in [-0.1, -0.05) is 25.4 Å². The van der Waals surface area contributed by atoms with E-state index in [1.807, 2.05) is 29.8 Å². The molecule has 102 valence electrons. The SMILES string of the molecule is COc1ccc(-c2nc(C(C)C)n(C)c2N)cc1Cl. The zero-order chi connectivity index (χ0) is 14.2. The average Bonchev–Trinajstić information content (AvgIpc) is 2.66. The number of nitrogens with two attached hydrogens (primary N) is 1. The number of hydrogen-bond donors (Lipinski definition) is 1. The van der Waals surface area contributed by atoms with Gasteiger partial charge in [-0.05, 0) is 18.2 Å². The van der Waals surface area contributed by atoms with Gasteiger partial charge >= 0.3 is 0 Å². The van der Waals surface area contributed by atoms with Crippen LogP contribution in [0.4, 0.5) is 5.82 Å². The second kappa shape index (κ2) is 5.13. The van der Waals surface area contributed by atoms with Crippen LogP contribution in [0.25, 0.3) is 11.3 Å². The molecule has 0 spiro atoms. The summed E-state index contributed by atoms with van der Waals surface area (Å²) in [5.74, 6) is 2.56. The summed E-state index contributed by atoms with van der Waals surface area (Å²) < 4.78 is 7.06. The van der Waals surface area contributed by atoms with Gasteiger partial charge in [0.05, 0.1) is 12.1 Å². The van der Waals surface area contributed by atoms with Crippen LogP contribution in [0.15, 0.2) is 18.2 Å². The third-order valence-corrected chi connectivity index (χ3v) is 3.41. The van der Waals surface area contributed by atoms with Gasteiger partial charge in [-0.25, -0.2) is 4.98 Å². The van der Waals surface area contributed by atoms with Gasteiger partial charge in [0.15, 0.2) is 0 Å². The van der Waals surface area contributed by atoms with Crippen molar-refractivity contribution in [2.24, 2.45) is 7.05 Å². The Morgan fingerprint density at radius 1 is 1.37 bits per heavy atom. The molecule has 0 fully saturated rings. The van der Waals surface area contributed by atoms with Gasteiger partial charge in [0.2, 0.25) is 0 Å². The second-order valence-electron chi connectivity index (χ2n) is 4.77. The molecule has 0 atom stereocenters. The lowest BCUT2D eigenvalue weighted by molar-refractivity contribution is 0.415. The van der Waals surface area contributed by atoms with E-state index in [4.69, 9.17) is 22.1 Å². The molecule has 5 heteroatoms. The van der Waals surface area contributed by atoms with E-state index in [9.17, 15) is 0 Å². The zero-order valence-electron chi connectivity index (χ0n) is 11.6. The van der Waals surface area contributed by atoms with Crippen molar-refractivity contribution in [2.75, 3.05) is 12.8 Å². The molecule has 0 saturated heterocycles. The molecule has 19 heavy (non-hydrogen) atoms. The highest BCUT2D eigenvalue weighted by atomic mass is 35.5. The molecule has 1 aromatic heterocycles. The van der Waals surface area contributed by atoms with Crippen molar-refractivity contribution >= 4 is 17.4 Å². The number of ether oxygens (including phenoxy) is 1. The number of benzene rings is 1. The standard InChI is InChI=1S/C14H18ClN3O/c1-8(2)14-17-12(13(16)18(14)3)9-5-6-11(19-4)10(15)7-9/h5-8H,16H2,1-4H3. The summed E-state index contributed by atoms with van der Waals surface area (Å²) in [7, 11) is 3.51. The first-order valence-corrected chi connectivity index (χ1v) is 6.49. The Bertz CT molecular complexity index is 605. The number of halogens is 1. The van der Waals surface area contributed by atoms with Crippen LogP contribution < -0.4 is 10.5 Å². The Labute approximate surface area is 118 Å². The van der Waals surface area contributed by atoms with Crippen molar-refractivity contribution < 1.29 is 4.74 Å². The van der Waals surface area contributed by atoms with Gasteiger partial charge in [-0.3, -0.25) is 0 Å². The number of anilines is 1.